The van der Waals surface area contributed by atoms with Gasteiger partial charge < -0.3 is 10.6 Å². The van der Waals surface area contributed by atoms with E-state index in [-0.39, 0.29) is 17.3 Å². The summed E-state index contributed by atoms with van der Waals surface area (Å²) in [6, 6.07) is 4.35. The number of nitrogens with one attached hydrogen (secondary N) is 1. The molecule has 0 bridgehead atoms. The Kier molecular flexibility index (Phi) is 4.66. The minimum Gasteiger partial charge on any atom is -0.398 e. The van der Waals surface area contributed by atoms with Crippen LogP contribution in [-0.4, -0.2) is 38.9 Å². The summed E-state index contributed by atoms with van der Waals surface area (Å²) in [7, 11) is -3.72. The highest BCUT2D eigenvalue weighted by Gasteiger charge is 2.21. The fourth-order valence-corrected chi connectivity index (χ4v) is 3.26. The van der Waals surface area contributed by atoms with Crippen molar-refractivity contribution in [2.45, 2.75) is 17.7 Å². The van der Waals surface area contributed by atoms with Gasteiger partial charge in [-0.2, -0.15) is 0 Å². The lowest BCUT2D eigenvalue weighted by Crippen LogP contribution is -2.38. The Balaban J connectivity index is 2.03. The SMILES string of the molecule is Nc1cc(S(=O)(=O)NCC(=O)N2CCCC2)ccc1Br. The zero-order valence-corrected chi connectivity index (χ0v) is 13.2. The van der Waals surface area contributed by atoms with Gasteiger partial charge in [0.25, 0.3) is 0 Å². The maximum absolute atomic E-state index is 12.1. The number of benzene rings is 1. The van der Waals surface area contributed by atoms with Crippen LogP contribution in [0.1, 0.15) is 12.8 Å². The van der Waals surface area contributed by atoms with Crippen LogP contribution < -0.4 is 10.5 Å². The first-order valence-corrected chi connectivity index (χ1v) is 8.50. The summed E-state index contributed by atoms with van der Waals surface area (Å²) in [5.74, 6) is -0.198. The maximum atomic E-state index is 12.1. The first kappa shape index (κ1) is 15.3. The fourth-order valence-electron chi connectivity index (χ4n) is 2.01. The van der Waals surface area contributed by atoms with E-state index in [0.29, 0.717) is 23.2 Å². The number of carbonyl (C=O) groups is 1. The lowest BCUT2D eigenvalue weighted by atomic mass is 10.3. The molecule has 0 saturated carbocycles. The normalized spacial score (nSPS) is 15.6. The van der Waals surface area contributed by atoms with E-state index in [0.717, 1.165) is 12.8 Å². The van der Waals surface area contributed by atoms with Gasteiger partial charge in [-0.05, 0) is 47.0 Å². The summed E-state index contributed by atoms with van der Waals surface area (Å²) in [5, 5.41) is 0. The molecule has 1 fully saturated rings. The van der Waals surface area contributed by atoms with Gasteiger partial charge in [-0.15, -0.1) is 0 Å². The van der Waals surface area contributed by atoms with Crippen molar-refractivity contribution in [1.82, 2.24) is 9.62 Å². The molecule has 8 heteroatoms. The summed E-state index contributed by atoms with van der Waals surface area (Å²) in [6.45, 7) is 1.18. The highest BCUT2D eigenvalue weighted by atomic mass is 79.9. The molecule has 0 atom stereocenters. The molecule has 6 nitrogen and oxygen atoms in total. The smallest absolute Gasteiger partial charge is 0.241 e. The molecule has 1 heterocycles. The number of rotatable bonds is 4. The van der Waals surface area contributed by atoms with Crippen molar-refractivity contribution in [3.8, 4) is 0 Å². The largest absolute Gasteiger partial charge is 0.398 e. The fraction of sp³-hybridized carbons (Fsp3) is 0.417. The van der Waals surface area contributed by atoms with Crippen molar-refractivity contribution in [2.75, 3.05) is 25.4 Å². The molecular formula is C12H16BrN3O3S. The molecule has 2 rings (SSSR count). The first-order chi connectivity index (χ1) is 9.40. The third-order valence-electron chi connectivity index (χ3n) is 3.15. The Morgan fingerprint density at radius 3 is 2.60 bits per heavy atom. The first-order valence-electron chi connectivity index (χ1n) is 6.22. The van der Waals surface area contributed by atoms with Crippen molar-refractivity contribution in [1.29, 1.82) is 0 Å². The van der Waals surface area contributed by atoms with E-state index in [2.05, 4.69) is 20.7 Å². The van der Waals surface area contributed by atoms with Crippen LogP contribution in [0.5, 0.6) is 0 Å². The van der Waals surface area contributed by atoms with Crippen molar-refractivity contribution in [2.24, 2.45) is 0 Å². The van der Waals surface area contributed by atoms with Crippen LogP contribution in [0, 0.1) is 0 Å². The van der Waals surface area contributed by atoms with Gasteiger partial charge in [0, 0.05) is 23.2 Å². The van der Waals surface area contributed by atoms with Gasteiger partial charge in [0.15, 0.2) is 0 Å². The Morgan fingerprint density at radius 2 is 2.00 bits per heavy atom. The number of anilines is 1. The number of nitrogens with two attached hydrogens (primary N) is 1. The third-order valence-corrected chi connectivity index (χ3v) is 5.27. The Hall–Kier alpha value is -1.12. The number of sulfonamides is 1. The monoisotopic (exact) mass is 361 g/mol. The molecular weight excluding hydrogens is 346 g/mol. The highest BCUT2D eigenvalue weighted by Crippen LogP contribution is 2.22. The Bertz CT molecular complexity index is 612. The minimum absolute atomic E-state index is 0.0485. The molecule has 0 unspecified atom stereocenters. The summed E-state index contributed by atoms with van der Waals surface area (Å²) in [4.78, 5) is 13.5. The number of amides is 1. The lowest BCUT2D eigenvalue weighted by Gasteiger charge is -2.15. The van der Waals surface area contributed by atoms with Gasteiger partial charge in [-0.1, -0.05) is 0 Å². The second-order valence-corrected chi connectivity index (χ2v) is 7.22. The quantitative estimate of drug-likeness (QED) is 0.780. The van der Waals surface area contributed by atoms with Gasteiger partial charge in [0.2, 0.25) is 15.9 Å². The standard InChI is InChI=1S/C12H16BrN3O3S/c13-10-4-3-9(7-11(10)14)20(18,19)15-8-12(17)16-5-1-2-6-16/h3-4,7,15H,1-2,5-6,8,14H2. The van der Waals surface area contributed by atoms with E-state index in [9.17, 15) is 13.2 Å². The zero-order valence-electron chi connectivity index (χ0n) is 10.8. The molecule has 0 aromatic heterocycles. The molecule has 1 saturated heterocycles. The summed E-state index contributed by atoms with van der Waals surface area (Å²) in [5.41, 5.74) is 5.99. The average molecular weight is 362 g/mol. The molecule has 3 N–H and O–H groups in total. The van der Waals surface area contributed by atoms with Crippen LogP contribution >= 0.6 is 15.9 Å². The van der Waals surface area contributed by atoms with E-state index in [1.807, 2.05) is 0 Å². The number of hydrogen-bond donors (Lipinski definition) is 2. The molecule has 1 aromatic rings. The van der Waals surface area contributed by atoms with E-state index in [1.165, 1.54) is 12.1 Å². The van der Waals surface area contributed by atoms with E-state index < -0.39 is 10.0 Å². The molecule has 0 spiro atoms. The molecule has 1 aliphatic heterocycles. The lowest BCUT2D eigenvalue weighted by molar-refractivity contribution is -0.128. The molecule has 1 amide bonds. The van der Waals surface area contributed by atoms with Crippen molar-refractivity contribution in [3.63, 3.8) is 0 Å². The van der Waals surface area contributed by atoms with Crippen molar-refractivity contribution >= 4 is 37.5 Å². The van der Waals surface area contributed by atoms with Gasteiger partial charge in [-0.25, -0.2) is 13.1 Å². The predicted molar refractivity (Wildman–Crippen MR) is 79.6 cm³/mol. The number of hydrogen-bond acceptors (Lipinski definition) is 4. The summed E-state index contributed by atoms with van der Waals surface area (Å²) in [6.07, 6.45) is 1.95. The topological polar surface area (TPSA) is 92.5 Å². The third kappa shape index (κ3) is 3.50. The van der Waals surface area contributed by atoms with E-state index >= 15 is 0 Å². The maximum Gasteiger partial charge on any atom is 0.241 e. The van der Waals surface area contributed by atoms with Crippen LogP contribution in [0.25, 0.3) is 0 Å². The van der Waals surface area contributed by atoms with Crippen LogP contribution in [0.15, 0.2) is 27.6 Å². The summed E-state index contributed by atoms with van der Waals surface area (Å²) >= 11 is 3.20. The Labute approximate surface area is 126 Å². The molecule has 1 aromatic carbocycles. The average Bonchev–Trinajstić information content (AvgIpc) is 2.93. The number of likely N-dealkylation sites (tertiary alicyclic amines) is 1. The van der Waals surface area contributed by atoms with E-state index in [1.54, 1.807) is 11.0 Å². The van der Waals surface area contributed by atoms with Crippen molar-refractivity contribution < 1.29 is 13.2 Å². The van der Waals surface area contributed by atoms with Gasteiger partial charge in [0.1, 0.15) is 0 Å². The number of nitrogen functional groups attached to an aromatic ring is 1. The minimum atomic E-state index is -3.72. The molecule has 0 aliphatic carbocycles. The predicted octanol–water partition coefficient (Wildman–Crippen LogP) is 0.932. The van der Waals surface area contributed by atoms with E-state index in [4.69, 9.17) is 5.73 Å². The zero-order chi connectivity index (χ0) is 14.8. The highest BCUT2D eigenvalue weighted by molar-refractivity contribution is 9.10. The van der Waals surface area contributed by atoms with Crippen LogP contribution in [0.2, 0.25) is 0 Å². The Morgan fingerprint density at radius 1 is 1.35 bits per heavy atom. The van der Waals surface area contributed by atoms with Crippen molar-refractivity contribution in [3.05, 3.63) is 22.7 Å². The number of carbonyl (C=O) groups excluding carboxylic acids is 1. The van der Waals surface area contributed by atoms with Gasteiger partial charge in [-0.3, -0.25) is 4.79 Å². The van der Waals surface area contributed by atoms with Crippen LogP contribution in [0.4, 0.5) is 5.69 Å². The second kappa shape index (κ2) is 6.11. The molecule has 110 valence electrons. The molecule has 0 radical (unpaired) electrons. The van der Waals surface area contributed by atoms with Gasteiger partial charge >= 0.3 is 0 Å². The molecule has 20 heavy (non-hydrogen) atoms. The van der Waals surface area contributed by atoms with Crippen LogP contribution in [0.3, 0.4) is 0 Å². The van der Waals surface area contributed by atoms with Crippen LogP contribution in [-0.2, 0) is 14.8 Å². The second-order valence-electron chi connectivity index (χ2n) is 4.60. The molecule has 1 aliphatic rings. The van der Waals surface area contributed by atoms with Gasteiger partial charge in [0.05, 0.1) is 11.4 Å². The number of halogens is 1. The number of nitrogens with zero attached hydrogens (tertiary/aromatic N) is 1. The summed E-state index contributed by atoms with van der Waals surface area (Å²) < 4.78 is 27.1.